The maximum absolute atomic E-state index is 11.1. The number of hydroxylamine groups is 1. The highest BCUT2D eigenvalue weighted by Crippen LogP contribution is 2.16. The summed E-state index contributed by atoms with van der Waals surface area (Å²) >= 11 is 0. The number of carbonyl (C=O) groups is 1. The van der Waals surface area contributed by atoms with Crippen LogP contribution in [0.15, 0.2) is 0 Å². The number of aliphatic carboxylic acids is 1. The summed E-state index contributed by atoms with van der Waals surface area (Å²) in [7, 11) is -2.64. The second-order valence-corrected chi connectivity index (χ2v) is 4.81. The van der Waals surface area contributed by atoms with Gasteiger partial charge in [0.15, 0.2) is 0 Å². The van der Waals surface area contributed by atoms with E-state index in [2.05, 4.69) is 0 Å². The molecular weight excluding hydrogens is 200 g/mol. The van der Waals surface area contributed by atoms with Crippen LogP contribution in [0.25, 0.3) is 0 Å². The fourth-order valence-electron chi connectivity index (χ4n) is 1.01. The maximum Gasteiger partial charge on any atom is 0.308 e. The summed E-state index contributed by atoms with van der Waals surface area (Å²) in [5.74, 6) is -2.92. The Morgan fingerprint density at radius 2 is 2.15 bits per heavy atom. The van der Waals surface area contributed by atoms with Crippen LogP contribution in [0.3, 0.4) is 0 Å². The van der Waals surface area contributed by atoms with Crippen LogP contribution in [-0.2, 0) is 14.8 Å². The van der Waals surface area contributed by atoms with Crippen LogP contribution in [-0.4, -0.2) is 48.4 Å². The van der Waals surface area contributed by atoms with E-state index in [1.165, 1.54) is 0 Å². The van der Waals surface area contributed by atoms with E-state index in [-0.39, 0.29) is 11.7 Å². The summed E-state index contributed by atoms with van der Waals surface area (Å²) in [6.45, 7) is -0.328. The third-order valence-electron chi connectivity index (χ3n) is 1.85. The molecule has 1 aliphatic rings. The minimum absolute atomic E-state index is 0.137. The van der Waals surface area contributed by atoms with Gasteiger partial charge in [-0.15, -0.1) is 0 Å². The van der Waals surface area contributed by atoms with Crippen molar-refractivity contribution in [2.24, 2.45) is 5.92 Å². The molecule has 0 spiro atoms. The van der Waals surface area contributed by atoms with Crippen molar-refractivity contribution in [1.29, 1.82) is 0 Å². The molecule has 1 fully saturated rings. The van der Waals surface area contributed by atoms with Gasteiger partial charge in [-0.25, -0.2) is 8.42 Å². The largest absolute Gasteiger partial charge is 0.771 e. The van der Waals surface area contributed by atoms with Crippen LogP contribution in [0.2, 0.25) is 0 Å². The van der Waals surface area contributed by atoms with Crippen LogP contribution in [0.4, 0.5) is 0 Å². The molecule has 1 atom stereocenters. The molecule has 1 unspecified atom stereocenters. The van der Waals surface area contributed by atoms with E-state index in [0.717, 1.165) is 7.05 Å². The fraction of sp³-hybridized carbons (Fsp3) is 0.800. The van der Waals surface area contributed by atoms with Gasteiger partial charge in [0, 0.05) is 13.6 Å². The molecule has 8 heteroatoms. The van der Waals surface area contributed by atoms with Gasteiger partial charge in [-0.05, 0) is 0 Å². The van der Waals surface area contributed by atoms with Crippen molar-refractivity contribution >= 4 is 16.0 Å². The predicted molar refractivity (Wildman–Crippen MR) is 42.7 cm³/mol. The SMILES string of the molecule is CN1N([O-])CC(C(=O)O)CS1(=O)=O. The first kappa shape index (κ1) is 10.4. The standard InChI is InChI=1S/C5H9N2O5S/c1-6-7(10)2-4(5(8)9)3-13(6,11)12/h4H,2-3H2,1H3,(H,8,9)/q-1. The average molecular weight is 209 g/mol. The van der Waals surface area contributed by atoms with Gasteiger partial charge in [-0.2, -0.15) is 4.41 Å². The lowest BCUT2D eigenvalue weighted by atomic mass is 10.2. The summed E-state index contributed by atoms with van der Waals surface area (Å²) in [5.41, 5.74) is 0. The minimum atomic E-state index is -3.74. The average Bonchev–Trinajstić information content (AvgIpc) is 1.99. The predicted octanol–water partition coefficient (Wildman–Crippen LogP) is -1.32. The first-order valence-electron chi connectivity index (χ1n) is 3.48. The zero-order chi connectivity index (χ0) is 10.2. The van der Waals surface area contributed by atoms with Gasteiger partial charge in [0.1, 0.15) is 0 Å². The van der Waals surface area contributed by atoms with E-state index in [1.54, 1.807) is 0 Å². The minimum Gasteiger partial charge on any atom is -0.771 e. The summed E-state index contributed by atoms with van der Waals surface area (Å²) < 4.78 is 22.8. The molecule has 1 N–H and O–H groups in total. The van der Waals surface area contributed by atoms with Crippen molar-refractivity contribution in [1.82, 2.24) is 9.59 Å². The molecule has 1 heterocycles. The Bertz CT molecular complexity index is 313. The van der Waals surface area contributed by atoms with Crippen LogP contribution in [0.1, 0.15) is 0 Å². The van der Waals surface area contributed by atoms with Crippen LogP contribution in [0.5, 0.6) is 0 Å². The van der Waals surface area contributed by atoms with Gasteiger partial charge >= 0.3 is 5.97 Å². The molecule has 0 radical (unpaired) electrons. The fourth-order valence-corrected chi connectivity index (χ4v) is 2.32. The molecule has 0 aromatic carbocycles. The second-order valence-electron chi connectivity index (χ2n) is 2.78. The third kappa shape index (κ3) is 1.97. The summed E-state index contributed by atoms with van der Waals surface area (Å²) in [6, 6.07) is 0. The lowest BCUT2D eigenvalue weighted by Gasteiger charge is -2.42. The van der Waals surface area contributed by atoms with E-state index in [9.17, 15) is 18.4 Å². The van der Waals surface area contributed by atoms with E-state index < -0.39 is 27.7 Å². The molecule has 13 heavy (non-hydrogen) atoms. The maximum atomic E-state index is 11.1. The van der Waals surface area contributed by atoms with Crippen molar-refractivity contribution in [3.05, 3.63) is 5.21 Å². The Labute approximate surface area is 75.1 Å². The highest BCUT2D eigenvalue weighted by molar-refractivity contribution is 7.89. The number of sulfonamides is 1. The number of nitrogens with zero attached hydrogens (tertiary/aromatic N) is 2. The molecule has 0 bridgehead atoms. The molecule has 0 aliphatic carbocycles. The number of carboxylic acids is 1. The van der Waals surface area contributed by atoms with E-state index >= 15 is 0 Å². The van der Waals surface area contributed by atoms with Crippen molar-refractivity contribution in [3.63, 3.8) is 0 Å². The zero-order valence-corrected chi connectivity index (χ0v) is 7.69. The molecule has 1 rings (SSSR count). The Hall–Kier alpha value is -0.700. The zero-order valence-electron chi connectivity index (χ0n) is 6.87. The van der Waals surface area contributed by atoms with Gasteiger partial charge in [-0.1, -0.05) is 0 Å². The number of hydrogen-bond donors (Lipinski definition) is 1. The third-order valence-corrected chi connectivity index (χ3v) is 3.67. The Kier molecular flexibility index (Phi) is 2.57. The normalized spacial score (nSPS) is 30.2. The Balaban J connectivity index is 2.89. The van der Waals surface area contributed by atoms with Gasteiger partial charge in [0.25, 0.3) is 0 Å². The van der Waals surface area contributed by atoms with Gasteiger partial charge in [0.2, 0.25) is 10.0 Å². The first-order valence-corrected chi connectivity index (χ1v) is 5.09. The number of hydrogen-bond acceptors (Lipinski definition) is 5. The Morgan fingerprint density at radius 3 is 2.54 bits per heavy atom. The molecule has 0 aromatic heterocycles. The quantitative estimate of drug-likeness (QED) is 0.574. The second kappa shape index (κ2) is 3.22. The highest BCUT2D eigenvalue weighted by Gasteiger charge is 2.34. The van der Waals surface area contributed by atoms with Gasteiger partial charge in [0.05, 0.1) is 11.7 Å². The molecule has 7 nitrogen and oxygen atoms in total. The molecule has 0 aromatic rings. The summed E-state index contributed by atoms with van der Waals surface area (Å²) in [5, 5.41) is 19.6. The summed E-state index contributed by atoms with van der Waals surface area (Å²) in [4.78, 5) is 10.4. The smallest absolute Gasteiger partial charge is 0.308 e. The molecule has 76 valence electrons. The van der Waals surface area contributed by atoms with E-state index in [4.69, 9.17) is 5.11 Å². The molecule has 1 saturated heterocycles. The molecule has 0 saturated carbocycles. The topological polar surface area (TPSA) is 101 Å². The number of hydrazine groups is 1. The molecule has 1 aliphatic heterocycles. The lowest BCUT2D eigenvalue weighted by Crippen LogP contribution is -2.52. The van der Waals surface area contributed by atoms with Gasteiger partial charge in [-0.3, -0.25) is 4.79 Å². The van der Waals surface area contributed by atoms with E-state index in [0.29, 0.717) is 4.41 Å². The van der Waals surface area contributed by atoms with Crippen LogP contribution >= 0.6 is 0 Å². The van der Waals surface area contributed by atoms with Crippen molar-refractivity contribution in [2.45, 2.75) is 0 Å². The molecular formula is C5H9N2O5S-. The number of carboxylic acid groups (broad SMARTS) is 1. The highest BCUT2D eigenvalue weighted by atomic mass is 32.2. The first-order chi connectivity index (χ1) is 5.84. The number of rotatable bonds is 1. The van der Waals surface area contributed by atoms with Crippen LogP contribution < -0.4 is 0 Å². The van der Waals surface area contributed by atoms with Crippen molar-refractivity contribution in [2.75, 3.05) is 19.3 Å². The molecule has 0 amide bonds. The van der Waals surface area contributed by atoms with Crippen molar-refractivity contribution in [3.8, 4) is 0 Å². The Morgan fingerprint density at radius 1 is 1.62 bits per heavy atom. The van der Waals surface area contributed by atoms with Crippen molar-refractivity contribution < 1.29 is 18.3 Å². The van der Waals surface area contributed by atoms with Crippen LogP contribution in [0, 0.1) is 11.1 Å². The monoisotopic (exact) mass is 209 g/mol. The van der Waals surface area contributed by atoms with E-state index in [1.807, 2.05) is 0 Å². The van der Waals surface area contributed by atoms with Gasteiger partial charge < -0.3 is 15.5 Å². The lowest BCUT2D eigenvalue weighted by molar-refractivity contribution is -0.142. The summed E-state index contributed by atoms with van der Waals surface area (Å²) in [6.07, 6.45) is 0.